The van der Waals surface area contributed by atoms with Crippen LogP contribution in [0.3, 0.4) is 0 Å². The second-order valence-corrected chi connectivity index (χ2v) is 4.83. The van der Waals surface area contributed by atoms with Gasteiger partial charge in [0.15, 0.2) is 0 Å². The molecule has 1 saturated carbocycles. The van der Waals surface area contributed by atoms with Gasteiger partial charge >= 0.3 is 0 Å². The summed E-state index contributed by atoms with van der Waals surface area (Å²) in [5, 5.41) is 8.76. The Kier molecular flexibility index (Phi) is 2.84. The Hall–Kier alpha value is -0.160. The molecule has 0 bridgehead atoms. The summed E-state index contributed by atoms with van der Waals surface area (Å²) in [6, 6.07) is 2.41. The quantitative estimate of drug-likeness (QED) is 0.646. The Bertz CT molecular complexity index is 165. The van der Waals surface area contributed by atoms with Gasteiger partial charge in [-0.15, -0.1) is 0 Å². The first-order chi connectivity index (χ1) is 5.18. The molecule has 1 fully saturated rings. The summed E-state index contributed by atoms with van der Waals surface area (Å²) in [5.74, 6) is 3.01. The molecule has 0 aromatic rings. The molecule has 0 saturated heterocycles. The molecule has 0 aliphatic heterocycles. The lowest BCUT2D eigenvalue weighted by atomic mass is 10.2. The van der Waals surface area contributed by atoms with Gasteiger partial charge in [0.05, 0.1) is 11.5 Å². The average Bonchev–Trinajstić information content (AvgIpc) is 2.69. The average molecular weight is 169 g/mol. The van der Waals surface area contributed by atoms with Crippen LogP contribution < -0.4 is 0 Å². The Morgan fingerprint density at radius 3 is 2.55 bits per heavy atom. The molecular weight excluding hydrogens is 154 g/mol. The highest BCUT2D eigenvalue weighted by Gasteiger charge is 2.42. The Morgan fingerprint density at radius 1 is 1.55 bits per heavy atom. The Balaban J connectivity index is 2.09. The monoisotopic (exact) mass is 169 g/mol. The lowest BCUT2D eigenvalue weighted by Gasteiger charge is -2.06. The van der Waals surface area contributed by atoms with Crippen LogP contribution in [0.15, 0.2) is 0 Å². The van der Waals surface area contributed by atoms with Crippen molar-refractivity contribution >= 4 is 11.8 Å². The summed E-state index contributed by atoms with van der Waals surface area (Å²) < 4.78 is 0. The number of thioether (sulfide) groups is 1. The third-order valence-corrected chi connectivity index (χ3v) is 3.58. The van der Waals surface area contributed by atoms with Gasteiger partial charge in [-0.2, -0.15) is 17.0 Å². The van der Waals surface area contributed by atoms with E-state index in [-0.39, 0.29) is 5.41 Å². The molecule has 11 heavy (non-hydrogen) atoms. The van der Waals surface area contributed by atoms with E-state index in [0.717, 1.165) is 24.5 Å². The van der Waals surface area contributed by atoms with Crippen LogP contribution in [0.4, 0.5) is 0 Å². The van der Waals surface area contributed by atoms with E-state index in [0.29, 0.717) is 0 Å². The summed E-state index contributed by atoms with van der Waals surface area (Å²) in [4.78, 5) is 0. The zero-order valence-corrected chi connectivity index (χ0v) is 8.08. The van der Waals surface area contributed by atoms with Gasteiger partial charge in [0.25, 0.3) is 0 Å². The van der Waals surface area contributed by atoms with E-state index in [1.807, 2.05) is 11.8 Å². The summed E-state index contributed by atoms with van der Waals surface area (Å²) >= 11 is 1.93. The molecule has 0 spiro atoms. The number of nitriles is 1. The van der Waals surface area contributed by atoms with Gasteiger partial charge in [-0.1, -0.05) is 13.8 Å². The van der Waals surface area contributed by atoms with Crippen LogP contribution in [-0.4, -0.2) is 11.5 Å². The fraction of sp³-hybridized carbons (Fsp3) is 0.889. The van der Waals surface area contributed by atoms with Crippen LogP contribution in [0.25, 0.3) is 0 Å². The number of hydrogen-bond acceptors (Lipinski definition) is 2. The van der Waals surface area contributed by atoms with Crippen molar-refractivity contribution in [2.24, 2.45) is 11.3 Å². The minimum Gasteiger partial charge on any atom is -0.198 e. The van der Waals surface area contributed by atoms with Gasteiger partial charge < -0.3 is 0 Å². The van der Waals surface area contributed by atoms with Crippen LogP contribution in [0.2, 0.25) is 0 Å². The zero-order valence-electron chi connectivity index (χ0n) is 7.26. The van der Waals surface area contributed by atoms with Crippen molar-refractivity contribution in [2.45, 2.75) is 26.7 Å². The van der Waals surface area contributed by atoms with Crippen LogP contribution in [-0.2, 0) is 0 Å². The standard InChI is InChI=1S/C9H15NS/c1-8(2)5-11-7-9(6-10)3-4-9/h8H,3-5,7H2,1-2H3. The highest BCUT2D eigenvalue weighted by molar-refractivity contribution is 7.99. The summed E-state index contributed by atoms with van der Waals surface area (Å²) in [6.07, 6.45) is 2.27. The maximum Gasteiger partial charge on any atom is 0.0698 e. The second kappa shape index (κ2) is 3.49. The molecule has 0 amide bonds. The molecule has 1 aliphatic rings. The summed E-state index contributed by atoms with van der Waals surface area (Å²) in [7, 11) is 0. The molecule has 0 radical (unpaired) electrons. The lowest BCUT2D eigenvalue weighted by Crippen LogP contribution is -2.02. The number of rotatable bonds is 4. The predicted octanol–water partition coefficient (Wildman–Crippen LogP) is 2.68. The minimum atomic E-state index is 0.0968. The Morgan fingerprint density at radius 2 is 2.18 bits per heavy atom. The van der Waals surface area contributed by atoms with E-state index in [9.17, 15) is 0 Å². The first kappa shape index (κ1) is 8.93. The SMILES string of the molecule is CC(C)CSCC1(C#N)CC1. The minimum absolute atomic E-state index is 0.0968. The number of hydrogen-bond donors (Lipinski definition) is 0. The van der Waals surface area contributed by atoms with Crippen molar-refractivity contribution in [3.8, 4) is 6.07 Å². The van der Waals surface area contributed by atoms with Gasteiger partial charge in [-0.3, -0.25) is 0 Å². The van der Waals surface area contributed by atoms with Crippen molar-refractivity contribution in [3.05, 3.63) is 0 Å². The smallest absolute Gasteiger partial charge is 0.0698 e. The van der Waals surface area contributed by atoms with E-state index >= 15 is 0 Å². The topological polar surface area (TPSA) is 23.8 Å². The molecule has 1 nitrogen and oxygen atoms in total. The van der Waals surface area contributed by atoms with Gasteiger partial charge in [0.1, 0.15) is 0 Å². The number of nitrogens with zero attached hydrogens (tertiary/aromatic N) is 1. The zero-order chi connectivity index (χ0) is 8.32. The predicted molar refractivity (Wildman–Crippen MR) is 49.4 cm³/mol. The van der Waals surface area contributed by atoms with Crippen molar-refractivity contribution in [1.82, 2.24) is 0 Å². The summed E-state index contributed by atoms with van der Waals surface area (Å²) in [6.45, 7) is 4.44. The molecule has 1 aliphatic carbocycles. The van der Waals surface area contributed by atoms with Crippen molar-refractivity contribution in [2.75, 3.05) is 11.5 Å². The molecule has 0 atom stereocenters. The molecular formula is C9H15NS. The normalized spacial score (nSPS) is 19.8. The van der Waals surface area contributed by atoms with Gasteiger partial charge in [-0.05, 0) is 24.5 Å². The van der Waals surface area contributed by atoms with Crippen LogP contribution >= 0.6 is 11.8 Å². The van der Waals surface area contributed by atoms with Crippen molar-refractivity contribution < 1.29 is 0 Å². The molecule has 0 N–H and O–H groups in total. The first-order valence-electron chi connectivity index (χ1n) is 4.17. The van der Waals surface area contributed by atoms with Gasteiger partial charge in [-0.25, -0.2) is 0 Å². The van der Waals surface area contributed by atoms with Gasteiger partial charge in [0, 0.05) is 5.75 Å². The van der Waals surface area contributed by atoms with E-state index in [4.69, 9.17) is 5.26 Å². The molecule has 0 aromatic carbocycles. The highest BCUT2D eigenvalue weighted by Crippen LogP contribution is 2.47. The lowest BCUT2D eigenvalue weighted by molar-refractivity contribution is 0.739. The van der Waals surface area contributed by atoms with Gasteiger partial charge in [0.2, 0.25) is 0 Å². The van der Waals surface area contributed by atoms with Crippen molar-refractivity contribution in [3.63, 3.8) is 0 Å². The van der Waals surface area contributed by atoms with E-state index < -0.39 is 0 Å². The fourth-order valence-corrected chi connectivity index (χ4v) is 2.26. The Labute approximate surface area is 73.2 Å². The molecule has 2 heteroatoms. The highest BCUT2D eigenvalue weighted by atomic mass is 32.2. The largest absolute Gasteiger partial charge is 0.198 e. The van der Waals surface area contributed by atoms with Crippen LogP contribution in [0.5, 0.6) is 0 Å². The first-order valence-corrected chi connectivity index (χ1v) is 5.33. The third-order valence-electron chi connectivity index (χ3n) is 1.92. The van der Waals surface area contributed by atoms with Crippen LogP contribution in [0.1, 0.15) is 26.7 Å². The molecule has 0 heterocycles. The van der Waals surface area contributed by atoms with Crippen LogP contribution in [0, 0.1) is 22.7 Å². The molecule has 1 rings (SSSR count). The maximum absolute atomic E-state index is 8.76. The fourth-order valence-electron chi connectivity index (χ4n) is 0.929. The third kappa shape index (κ3) is 2.75. The molecule has 0 unspecified atom stereocenters. The second-order valence-electron chi connectivity index (χ2n) is 3.80. The van der Waals surface area contributed by atoms with E-state index in [1.165, 1.54) is 5.75 Å². The van der Waals surface area contributed by atoms with E-state index in [2.05, 4.69) is 19.9 Å². The molecule has 62 valence electrons. The molecule has 0 aromatic heterocycles. The van der Waals surface area contributed by atoms with Crippen molar-refractivity contribution in [1.29, 1.82) is 5.26 Å². The summed E-state index contributed by atoms with van der Waals surface area (Å²) in [5.41, 5.74) is 0.0968. The van der Waals surface area contributed by atoms with E-state index in [1.54, 1.807) is 0 Å². The maximum atomic E-state index is 8.76.